The first-order chi connectivity index (χ1) is 15.3. The molecule has 146 valence electrons. The summed E-state index contributed by atoms with van der Waals surface area (Å²) in [5.41, 5.74) is -2.12. The third-order valence-electron chi connectivity index (χ3n) is 5.53. The first kappa shape index (κ1) is 12.7. The zero-order chi connectivity index (χ0) is 24.0. The number of hydrogen-bond donors (Lipinski definition) is 1. The van der Waals surface area contributed by atoms with Crippen molar-refractivity contribution < 1.29 is 50.4 Å². The summed E-state index contributed by atoms with van der Waals surface area (Å²) >= 11 is 2.34. The van der Waals surface area contributed by atoms with Crippen LogP contribution in [0.2, 0.25) is 0 Å². The molecule has 4 atom stereocenters. The van der Waals surface area contributed by atoms with E-state index in [1.54, 1.807) is 35.0 Å². The Kier molecular flexibility index (Phi) is 3.13. The van der Waals surface area contributed by atoms with Crippen LogP contribution in [0.1, 0.15) is 32.2 Å². The number of likely N-dealkylation sites (N-methyl/N-ethyl adjacent to an activating group) is 1. The van der Waals surface area contributed by atoms with Gasteiger partial charge in [0, 0.05) is 12.8 Å². The highest BCUT2D eigenvalue weighted by Crippen LogP contribution is 2.52. The molecule has 3 saturated heterocycles. The number of carbonyl (C=O) groups excluding carboxylic acids is 1. The van der Waals surface area contributed by atoms with Crippen LogP contribution in [0.4, 0.5) is 0 Å². The summed E-state index contributed by atoms with van der Waals surface area (Å²) in [6.07, 6.45) is -3.77. The van der Waals surface area contributed by atoms with Gasteiger partial charge in [-0.2, -0.15) is 0 Å². The number of halogens is 1. The van der Waals surface area contributed by atoms with Gasteiger partial charge in [0.25, 0.3) is 0 Å². The van der Waals surface area contributed by atoms with Crippen molar-refractivity contribution in [1.29, 1.82) is 0 Å². The molecule has 2 aromatic rings. The van der Waals surface area contributed by atoms with Crippen LogP contribution in [-0.2, 0) is 19.9 Å². The number of rotatable bonds is 4. The van der Waals surface area contributed by atoms with Crippen LogP contribution < -0.4 is 17.0 Å². The van der Waals surface area contributed by atoms with Gasteiger partial charge in [0.1, 0.15) is 30.4 Å². The molecule has 4 unspecified atom stereocenters. The fourth-order valence-corrected chi connectivity index (χ4v) is 5.83. The van der Waals surface area contributed by atoms with Crippen LogP contribution in [0.5, 0.6) is 0 Å². The Morgan fingerprint density at radius 3 is 2.26 bits per heavy atom. The molecule has 3 fully saturated rings. The lowest BCUT2D eigenvalue weighted by Gasteiger charge is -2.45. The number of carbonyl (C=O) groups is 1. The first-order valence-electron chi connectivity index (χ1n) is 11.8. The van der Waals surface area contributed by atoms with E-state index in [2.05, 4.69) is 0 Å². The van der Waals surface area contributed by atoms with Crippen LogP contribution in [0.25, 0.3) is 0 Å². The maximum absolute atomic E-state index is 13.4. The molecular weight excluding hydrogens is 450 g/mol. The lowest BCUT2D eigenvalue weighted by molar-refractivity contribution is -0.938. The maximum Gasteiger partial charge on any atom is 0.349 e. The fourth-order valence-electron chi connectivity index (χ4n) is 4.11. The molecule has 8 heteroatoms. The number of ether oxygens (including phenoxy) is 2. The molecule has 0 radical (unpaired) electrons. The van der Waals surface area contributed by atoms with Gasteiger partial charge in [-0.25, -0.2) is 4.79 Å². The number of piperidine rings is 1. The van der Waals surface area contributed by atoms with Crippen LogP contribution in [0.15, 0.2) is 35.0 Å². The number of fused-ring (bicyclic) bond motifs is 5. The zero-order valence-electron chi connectivity index (χ0n) is 21.0. The predicted molar refractivity (Wildman–Crippen MR) is 99.1 cm³/mol. The Morgan fingerprint density at radius 2 is 1.81 bits per heavy atom. The largest absolute Gasteiger partial charge is 1.00 e. The molecule has 0 saturated carbocycles. The highest BCUT2D eigenvalue weighted by Gasteiger charge is 2.71. The molecule has 2 aromatic heterocycles. The van der Waals surface area contributed by atoms with Crippen molar-refractivity contribution in [3.8, 4) is 0 Å². The summed E-state index contributed by atoms with van der Waals surface area (Å²) in [4.78, 5) is 14.0. The van der Waals surface area contributed by atoms with Crippen molar-refractivity contribution in [1.82, 2.24) is 0 Å². The molecule has 0 amide bonds. The number of aliphatic hydroxyl groups is 1. The van der Waals surface area contributed by atoms with E-state index in [1.165, 1.54) is 22.7 Å². The molecule has 5 rings (SSSR count). The lowest BCUT2D eigenvalue weighted by Crippen LogP contribution is -3.00. The minimum atomic E-state index is -2.86. The highest BCUT2D eigenvalue weighted by molar-refractivity contribution is 7.12. The van der Waals surface area contributed by atoms with Crippen LogP contribution in [-0.4, -0.2) is 59.9 Å². The standard InChI is InChI=1S/C19H22NO4S2.BrH/c1-20(2)12-9-11(10-13(20)17-16(12)24-17)23-18(21)19(22,14-5-3-7-25-14)15-6-4-8-26-15;/h3-8,11-13,16-17,22H,9-10H2,1-2H3;1H/q+1;/p-1/i1D3,2D3,11D;. The second kappa shape index (κ2) is 6.64. The average molecular weight is 479 g/mol. The van der Waals surface area contributed by atoms with Crippen LogP contribution in [0, 0.1) is 0 Å². The van der Waals surface area contributed by atoms with Crippen molar-refractivity contribution in [2.24, 2.45) is 0 Å². The topological polar surface area (TPSA) is 59.1 Å². The second-order valence-electron chi connectivity index (χ2n) is 6.98. The van der Waals surface area contributed by atoms with Gasteiger partial charge >= 0.3 is 5.97 Å². The van der Waals surface area contributed by atoms with E-state index >= 15 is 0 Å². The van der Waals surface area contributed by atoms with E-state index in [-0.39, 0.29) is 29.8 Å². The van der Waals surface area contributed by atoms with E-state index in [9.17, 15) is 9.90 Å². The number of thiophene rings is 2. The van der Waals surface area contributed by atoms with Gasteiger partial charge in [-0.15, -0.1) is 22.7 Å². The van der Waals surface area contributed by atoms with Crippen molar-refractivity contribution in [2.75, 3.05) is 14.0 Å². The SMILES string of the molecule is [2H]C1(OC(=O)C(O)(c2cccs2)c2cccs2)CC2C3OC3C(C1)[N+]2(C([2H])([2H])[2H])C([2H])([2H])[2H].[Br-]. The van der Waals surface area contributed by atoms with Crippen LogP contribution >= 0.6 is 22.7 Å². The molecule has 27 heavy (non-hydrogen) atoms. The third kappa shape index (κ3) is 2.84. The third-order valence-corrected chi connectivity index (χ3v) is 7.49. The van der Waals surface area contributed by atoms with Crippen molar-refractivity contribution >= 4 is 28.6 Å². The van der Waals surface area contributed by atoms with Crippen molar-refractivity contribution in [3.63, 3.8) is 0 Å². The normalized spacial score (nSPS) is 40.6. The summed E-state index contributed by atoms with van der Waals surface area (Å²) in [6.45, 7) is -5.73. The van der Waals surface area contributed by atoms with Gasteiger partial charge in [-0.3, -0.25) is 0 Å². The molecule has 0 aliphatic carbocycles. The van der Waals surface area contributed by atoms with Gasteiger partial charge in [0.15, 0.2) is 0 Å². The molecular formula is C19H22BrNO4S2. The Morgan fingerprint density at radius 1 is 1.26 bits per heavy atom. The van der Waals surface area contributed by atoms with Crippen molar-refractivity contribution in [2.45, 2.75) is 48.8 Å². The summed E-state index contributed by atoms with van der Waals surface area (Å²) in [5.74, 6) is -1.04. The Balaban J connectivity index is 0.00000274. The summed E-state index contributed by atoms with van der Waals surface area (Å²) in [5, 5.41) is 14.9. The number of morpholine rings is 1. The molecule has 0 aromatic carbocycles. The summed E-state index contributed by atoms with van der Waals surface area (Å²) in [7, 11) is 0. The fraction of sp³-hybridized carbons (Fsp3) is 0.526. The molecule has 5 heterocycles. The average Bonchev–Trinajstić information content (AvgIpc) is 3.07. The Bertz CT molecular complexity index is 992. The van der Waals surface area contributed by atoms with Gasteiger partial charge in [0.05, 0.1) is 33.3 Å². The van der Waals surface area contributed by atoms with Crippen molar-refractivity contribution in [3.05, 3.63) is 44.8 Å². The van der Waals surface area contributed by atoms with Gasteiger partial charge < -0.3 is 36.0 Å². The second-order valence-corrected chi connectivity index (χ2v) is 8.87. The summed E-state index contributed by atoms with van der Waals surface area (Å²) in [6, 6.07) is 4.45. The number of esters is 1. The lowest BCUT2D eigenvalue weighted by atomic mass is 9.95. The summed E-state index contributed by atoms with van der Waals surface area (Å²) < 4.78 is 67.4. The Hall–Kier alpha value is -0.770. The zero-order valence-corrected chi connectivity index (χ0v) is 17.2. The molecule has 5 nitrogen and oxygen atoms in total. The number of epoxide rings is 1. The smallest absolute Gasteiger partial charge is 0.349 e. The van der Waals surface area contributed by atoms with E-state index < -0.39 is 60.4 Å². The van der Waals surface area contributed by atoms with Gasteiger partial charge in [-0.05, 0) is 22.9 Å². The number of hydrogen-bond acceptors (Lipinski definition) is 6. The predicted octanol–water partition coefficient (Wildman–Crippen LogP) is -0.650. The van der Waals surface area contributed by atoms with Gasteiger partial charge in [-0.1, -0.05) is 12.1 Å². The van der Waals surface area contributed by atoms with E-state index in [0.29, 0.717) is 9.75 Å². The minimum absolute atomic E-state index is 0. The molecule has 0 spiro atoms. The maximum atomic E-state index is 13.4. The molecule has 3 aliphatic heterocycles. The highest BCUT2D eigenvalue weighted by atomic mass is 79.9. The van der Waals surface area contributed by atoms with Crippen LogP contribution in [0.3, 0.4) is 0 Å². The quantitative estimate of drug-likeness (QED) is 0.360. The molecule has 1 N–H and O–H groups in total. The monoisotopic (exact) mass is 478 g/mol. The Labute approximate surface area is 186 Å². The molecule has 2 bridgehead atoms. The molecule has 3 aliphatic rings. The number of quaternary nitrogens is 1. The number of nitrogens with zero attached hydrogens (tertiary/aromatic N) is 1. The van der Waals surface area contributed by atoms with Gasteiger partial charge in [0.2, 0.25) is 5.60 Å². The minimum Gasteiger partial charge on any atom is -1.00 e. The van der Waals surface area contributed by atoms with E-state index in [1.807, 2.05) is 0 Å². The van der Waals surface area contributed by atoms with E-state index in [4.69, 9.17) is 19.1 Å². The van der Waals surface area contributed by atoms with E-state index in [0.717, 1.165) is 0 Å². The first-order valence-corrected chi connectivity index (χ1v) is 10.1.